The second-order valence-electron chi connectivity index (χ2n) is 5.25. The van der Waals surface area contributed by atoms with Crippen molar-refractivity contribution in [3.8, 4) is 0 Å². The third-order valence-electron chi connectivity index (χ3n) is 3.58. The molecule has 0 aliphatic heterocycles. The second-order valence-corrected chi connectivity index (χ2v) is 6.22. The van der Waals surface area contributed by atoms with Crippen LogP contribution in [0, 0.1) is 11.3 Å². The van der Waals surface area contributed by atoms with Crippen molar-refractivity contribution in [3.63, 3.8) is 0 Å². The van der Waals surface area contributed by atoms with Crippen molar-refractivity contribution in [1.82, 2.24) is 10.3 Å². The van der Waals surface area contributed by atoms with E-state index in [1.807, 2.05) is 11.7 Å². The Morgan fingerprint density at radius 1 is 1.56 bits per heavy atom. The van der Waals surface area contributed by atoms with Gasteiger partial charge < -0.3 is 5.32 Å². The van der Waals surface area contributed by atoms with Gasteiger partial charge in [-0.05, 0) is 43.6 Å². The molecule has 16 heavy (non-hydrogen) atoms. The molecule has 1 saturated carbocycles. The number of rotatable bonds is 7. The van der Waals surface area contributed by atoms with Crippen molar-refractivity contribution in [1.29, 1.82) is 0 Å². The second kappa shape index (κ2) is 5.28. The Balaban J connectivity index is 1.92. The van der Waals surface area contributed by atoms with Gasteiger partial charge >= 0.3 is 0 Å². The smallest absolute Gasteiger partial charge is 0.0794 e. The summed E-state index contributed by atoms with van der Waals surface area (Å²) < 4.78 is 0. The Morgan fingerprint density at radius 3 is 2.94 bits per heavy atom. The first-order valence-electron chi connectivity index (χ1n) is 6.32. The minimum atomic E-state index is 0.446. The summed E-state index contributed by atoms with van der Waals surface area (Å²) in [5.41, 5.74) is 2.39. The van der Waals surface area contributed by atoms with Crippen LogP contribution >= 0.6 is 11.3 Å². The lowest BCUT2D eigenvalue weighted by Crippen LogP contribution is -2.35. The maximum absolute atomic E-state index is 4.18. The van der Waals surface area contributed by atoms with E-state index in [9.17, 15) is 0 Å². The van der Waals surface area contributed by atoms with E-state index in [1.54, 1.807) is 11.3 Å². The third kappa shape index (κ3) is 3.05. The molecule has 0 spiro atoms. The SMILES string of the molecule is CCCNCC(C)(Cc1cncs1)C1CC1. The molecule has 1 aromatic rings. The van der Waals surface area contributed by atoms with Gasteiger partial charge in [-0.2, -0.15) is 0 Å². The zero-order valence-corrected chi connectivity index (χ0v) is 11.1. The standard InChI is InChI=1S/C13H22N2S/c1-3-6-14-9-13(2,11-4-5-11)7-12-8-15-10-16-12/h8,10-11,14H,3-7,9H2,1-2H3. The Labute approximate surface area is 102 Å². The van der Waals surface area contributed by atoms with Crippen LogP contribution in [0.2, 0.25) is 0 Å². The third-order valence-corrected chi connectivity index (χ3v) is 4.36. The summed E-state index contributed by atoms with van der Waals surface area (Å²) in [6.45, 7) is 6.96. The van der Waals surface area contributed by atoms with Gasteiger partial charge in [-0.3, -0.25) is 4.98 Å². The molecule has 1 aliphatic rings. The minimum Gasteiger partial charge on any atom is -0.316 e. The molecule has 1 N–H and O–H groups in total. The van der Waals surface area contributed by atoms with Crippen LogP contribution in [0.4, 0.5) is 0 Å². The van der Waals surface area contributed by atoms with Crippen LogP contribution in [-0.2, 0) is 6.42 Å². The van der Waals surface area contributed by atoms with Crippen molar-refractivity contribution < 1.29 is 0 Å². The van der Waals surface area contributed by atoms with E-state index in [2.05, 4.69) is 24.1 Å². The van der Waals surface area contributed by atoms with Crippen LogP contribution in [0.5, 0.6) is 0 Å². The van der Waals surface area contributed by atoms with Gasteiger partial charge in [-0.15, -0.1) is 11.3 Å². The fourth-order valence-corrected chi connectivity index (χ4v) is 3.20. The van der Waals surface area contributed by atoms with Crippen LogP contribution in [0.1, 0.15) is 38.0 Å². The lowest BCUT2D eigenvalue weighted by molar-refractivity contribution is 0.258. The maximum atomic E-state index is 4.18. The molecule has 0 amide bonds. The molecule has 1 heterocycles. The predicted octanol–water partition coefficient (Wildman–Crippen LogP) is 3.10. The fraction of sp³-hybridized carbons (Fsp3) is 0.769. The van der Waals surface area contributed by atoms with Crippen molar-refractivity contribution >= 4 is 11.3 Å². The zero-order valence-electron chi connectivity index (χ0n) is 10.3. The highest BCUT2D eigenvalue weighted by atomic mass is 32.1. The van der Waals surface area contributed by atoms with Crippen molar-refractivity contribution in [3.05, 3.63) is 16.6 Å². The van der Waals surface area contributed by atoms with Crippen molar-refractivity contribution in [2.45, 2.75) is 39.5 Å². The molecule has 1 unspecified atom stereocenters. The first kappa shape index (κ1) is 12.1. The molecule has 1 aliphatic carbocycles. The first-order chi connectivity index (χ1) is 7.74. The van der Waals surface area contributed by atoms with E-state index in [0.29, 0.717) is 5.41 Å². The number of nitrogens with zero attached hydrogens (tertiary/aromatic N) is 1. The lowest BCUT2D eigenvalue weighted by Gasteiger charge is -2.29. The van der Waals surface area contributed by atoms with E-state index in [0.717, 1.165) is 19.0 Å². The Morgan fingerprint density at radius 2 is 2.38 bits per heavy atom. The van der Waals surface area contributed by atoms with Crippen LogP contribution in [0.25, 0.3) is 0 Å². The van der Waals surface area contributed by atoms with Crippen LogP contribution in [0.15, 0.2) is 11.7 Å². The number of thiazole rings is 1. The molecule has 3 heteroatoms. The minimum absolute atomic E-state index is 0.446. The monoisotopic (exact) mass is 238 g/mol. The van der Waals surface area contributed by atoms with Gasteiger partial charge in [0.1, 0.15) is 0 Å². The van der Waals surface area contributed by atoms with E-state index in [4.69, 9.17) is 0 Å². The summed E-state index contributed by atoms with van der Waals surface area (Å²) in [4.78, 5) is 5.62. The van der Waals surface area contributed by atoms with Gasteiger partial charge in [0.05, 0.1) is 5.51 Å². The maximum Gasteiger partial charge on any atom is 0.0794 e. The van der Waals surface area contributed by atoms with Gasteiger partial charge in [0, 0.05) is 17.6 Å². The molecule has 2 nitrogen and oxygen atoms in total. The number of hydrogen-bond acceptors (Lipinski definition) is 3. The quantitative estimate of drug-likeness (QED) is 0.738. The normalized spacial score (nSPS) is 19.6. The molecule has 1 fully saturated rings. The zero-order chi connectivity index (χ0) is 11.4. The Kier molecular flexibility index (Phi) is 3.98. The predicted molar refractivity (Wildman–Crippen MR) is 69.8 cm³/mol. The average Bonchev–Trinajstić information content (AvgIpc) is 3.01. The van der Waals surface area contributed by atoms with Crippen LogP contribution in [0.3, 0.4) is 0 Å². The molecule has 0 aromatic carbocycles. The Bertz CT molecular complexity index is 306. The Hall–Kier alpha value is -0.410. The molecular weight excluding hydrogens is 216 g/mol. The molecule has 2 rings (SSSR count). The van der Waals surface area contributed by atoms with Gasteiger partial charge in [-0.1, -0.05) is 13.8 Å². The van der Waals surface area contributed by atoms with Crippen LogP contribution in [-0.4, -0.2) is 18.1 Å². The number of hydrogen-bond donors (Lipinski definition) is 1. The highest BCUT2D eigenvalue weighted by Gasteiger charge is 2.41. The summed E-state index contributed by atoms with van der Waals surface area (Å²) >= 11 is 1.80. The molecular formula is C13H22N2S. The molecule has 0 radical (unpaired) electrons. The average molecular weight is 238 g/mol. The van der Waals surface area contributed by atoms with Crippen LogP contribution < -0.4 is 5.32 Å². The number of aromatic nitrogens is 1. The summed E-state index contributed by atoms with van der Waals surface area (Å²) in [7, 11) is 0. The fourth-order valence-electron chi connectivity index (χ4n) is 2.41. The van der Waals surface area contributed by atoms with E-state index in [-0.39, 0.29) is 0 Å². The number of nitrogens with one attached hydrogen (secondary N) is 1. The van der Waals surface area contributed by atoms with E-state index in [1.165, 1.54) is 30.6 Å². The summed E-state index contributed by atoms with van der Waals surface area (Å²) in [6, 6.07) is 0. The van der Waals surface area contributed by atoms with Gasteiger partial charge in [0.15, 0.2) is 0 Å². The topological polar surface area (TPSA) is 24.9 Å². The summed E-state index contributed by atoms with van der Waals surface area (Å²) in [5.74, 6) is 0.930. The first-order valence-corrected chi connectivity index (χ1v) is 7.20. The molecule has 1 atom stereocenters. The summed E-state index contributed by atoms with van der Waals surface area (Å²) in [6.07, 6.45) is 7.29. The largest absolute Gasteiger partial charge is 0.316 e. The lowest BCUT2D eigenvalue weighted by atomic mass is 9.81. The van der Waals surface area contributed by atoms with Gasteiger partial charge in [0.2, 0.25) is 0 Å². The molecule has 90 valence electrons. The van der Waals surface area contributed by atoms with Gasteiger partial charge in [-0.25, -0.2) is 0 Å². The highest BCUT2D eigenvalue weighted by Crippen LogP contribution is 2.47. The van der Waals surface area contributed by atoms with E-state index < -0.39 is 0 Å². The molecule has 0 bridgehead atoms. The van der Waals surface area contributed by atoms with Crippen molar-refractivity contribution in [2.24, 2.45) is 11.3 Å². The summed E-state index contributed by atoms with van der Waals surface area (Å²) in [5, 5.41) is 3.59. The van der Waals surface area contributed by atoms with Gasteiger partial charge in [0.25, 0.3) is 0 Å². The van der Waals surface area contributed by atoms with Crippen molar-refractivity contribution in [2.75, 3.05) is 13.1 Å². The van der Waals surface area contributed by atoms with E-state index >= 15 is 0 Å². The highest BCUT2D eigenvalue weighted by molar-refractivity contribution is 7.09. The molecule has 0 saturated heterocycles. The molecule has 1 aromatic heterocycles.